The fourth-order valence-corrected chi connectivity index (χ4v) is 2.32. The van der Waals surface area contributed by atoms with Crippen molar-refractivity contribution in [2.24, 2.45) is 0 Å². The molecule has 0 fully saturated rings. The van der Waals surface area contributed by atoms with E-state index in [9.17, 15) is 4.39 Å². The first-order valence-corrected chi connectivity index (χ1v) is 5.61. The van der Waals surface area contributed by atoms with Crippen molar-refractivity contribution < 1.29 is 4.39 Å². The molecule has 0 aliphatic carbocycles. The van der Waals surface area contributed by atoms with E-state index >= 15 is 0 Å². The number of halogens is 1. The monoisotopic (exact) mass is 229 g/mol. The van der Waals surface area contributed by atoms with Gasteiger partial charge in [0.1, 0.15) is 5.82 Å². The average molecular weight is 229 g/mol. The van der Waals surface area contributed by atoms with Crippen LogP contribution in [0, 0.1) is 26.6 Å². The van der Waals surface area contributed by atoms with E-state index in [1.54, 1.807) is 12.1 Å². The molecule has 88 valence electrons. The standard InChI is InChI=1S/C15H16FN/c1-9-4-12(8-14(17)5-9)15-10(2)6-13(16)7-11(15)3/h4-8H,17H2,1-3H3. The molecule has 0 saturated carbocycles. The molecular weight excluding hydrogens is 213 g/mol. The highest BCUT2D eigenvalue weighted by Crippen LogP contribution is 2.30. The van der Waals surface area contributed by atoms with Gasteiger partial charge >= 0.3 is 0 Å². The second-order valence-corrected chi connectivity index (χ2v) is 4.55. The van der Waals surface area contributed by atoms with Gasteiger partial charge in [-0.2, -0.15) is 0 Å². The molecule has 0 heterocycles. The lowest BCUT2D eigenvalue weighted by Crippen LogP contribution is -1.93. The second-order valence-electron chi connectivity index (χ2n) is 4.55. The zero-order valence-corrected chi connectivity index (χ0v) is 10.3. The maximum absolute atomic E-state index is 13.3. The SMILES string of the molecule is Cc1cc(N)cc(-c2c(C)cc(F)cc2C)c1. The van der Waals surface area contributed by atoms with E-state index < -0.39 is 0 Å². The van der Waals surface area contributed by atoms with Gasteiger partial charge in [-0.25, -0.2) is 4.39 Å². The Kier molecular flexibility index (Phi) is 2.88. The quantitative estimate of drug-likeness (QED) is 0.735. The van der Waals surface area contributed by atoms with Gasteiger partial charge in [0.15, 0.2) is 0 Å². The van der Waals surface area contributed by atoms with Crippen LogP contribution in [0.25, 0.3) is 11.1 Å². The van der Waals surface area contributed by atoms with E-state index in [-0.39, 0.29) is 5.82 Å². The normalized spacial score (nSPS) is 10.6. The Morgan fingerprint density at radius 3 is 2.00 bits per heavy atom. The fraction of sp³-hybridized carbons (Fsp3) is 0.200. The van der Waals surface area contributed by atoms with Gasteiger partial charge in [-0.3, -0.25) is 0 Å². The molecule has 2 aromatic rings. The second kappa shape index (κ2) is 4.21. The summed E-state index contributed by atoms with van der Waals surface area (Å²) >= 11 is 0. The number of rotatable bonds is 1. The number of anilines is 1. The lowest BCUT2D eigenvalue weighted by molar-refractivity contribution is 0.625. The van der Waals surface area contributed by atoms with Crippen LogP contribution >= 0.6 is 0 Å². The van der Waals surface area contributed by atoms with E-state index in [1.165, 1.54) is 0 Å². The highest BCUT2D eigenvalue weighted by Gasteiger charge is 2.08. The van der Waals surface area contributed by atoms with Crippen LogP contribution in [0.15, 0.2) is 30.3 Å². The molecule has 1 nitrogen and oxygen atoms in total. The van der Waals surface area contributed by atoms with Crippen molar-refractivity contribution in [2.75, 3.05) is 5.73 Å². The number of aryl methyl sites for hydroxylation is 3. The van der Waals surface area contributed by atoms with Crippen LogP contribution in [-0.4, -0.2) is 0 Å². The first-order valence-electron chi connectivity index (χ1n) is 5.61. The molecule has 0 amide bonds. The lowest BCUT2D eigenvalue weighted by atomic mass is 9.94. The zero-order chi connectivity index (χ0) is 12.6. The zero-order valence-electron chi connectivity index (χ0n) is 10.3. The molecule has 0 aromatic heterocycles. The summed E-state index contributed by atoms with van der Waals surface area (Å²) in [6, 6.07) is 9.04. The lowest BCUT2D eigenvalue weighted by Gasteiger charge is -2.12. The predicted molar refractivity (Wildman–Crippen MR) is 70.5 cm³/mol. The molecule has 2 aromatic carbocycles. The minimum atomic E-state index is -0.190. The smallest absolute Gasteiger partial charge is 0.123 e. The Bertz CT molecular complexity index is 530. The highest BCUT2D eigenvalue weighted by atomic mass is 19.1. The van der Waals surface area contributed by atoms with Gasteiger partial charge in [0.25, 0.3) is 0 Å². The van der Waals surface area contributed by atoms with Crippen LogP contribution in [0.4, 0.5) is 10.1 Å². The summed E-state index contributed by atoms with van der Waals surface area (Å²) in [4.78, 5) is 0. The summed E-state index contributed by atoms with van der Waals surface area (Å²) in [6.07, 6.45) is 0. The molecule has 0 aliphatic heterocycles. The average Bonchev–Trinajstić information content (AvgIpc) is 2.13. The summed E-state index contributed by atoms with van der Waals surface area (Å²) in [6.45, 7) is 5.85. The molecule has 2 heteroatoms. The summed E-state index contributed by atoms with van der Waals surface area (Å²) in [5.41, 5.74) is 11.7. The number of nitrogens with two attached hydrogens (primary N) is 1. The summed E-state index contributed by atoms with van der Waals surface area (Å²) in [7, 11) is 0. The van der Waals surface area contributed by atoms with Crippen molar-refractivity contribution in [1.82, 2.24) is 0 Å². The Hall–Kier alpha value is -1.83. The Morgan fingerprint density at radius 2 is 1.47 bits per heavy atom. The van der Waals surface area contributed by atoms with Crippen molar-refractivity contribution in [1.29, 1.82) is 0 Å². The Balaban J connectivity index is 2.68. The van der Waals surface area contributed by atoms with Crippen molar-refractivity contribution in [2.45, 2.75) is 20.8 Å². The van der Waals surface area contributed by atoms with Crippen LogP contribution < -0.4 is 5.73 Å². The largest absolute Gasteiger partial charge is 0.399 e. The van der Waals surface area contributed by atoms with Gasteiger partial charge in [-0.1, -0.05) is 6.07 Å². The maximum atomic E-state index is 13.3. The third-order valence-corrected chi connectivity index (χ3v) is 2.89. The number of nitrogen functional groups attached to an aromatic ring is 1. The van der Waals surface area contributed by atoms with Gasteiger partial charge in [0, 0.05) is 5.69 Å². The predicted octanol–water partition coefficient (Wildman–Crippen LogP) is 4.00. The summed E-state index contributed by atoms with van der Waals surface area (Å²) in [5, 5.41) is 0. The van der Waals surface area contributed by atoms with Crippen LogP contribution in [0.2, 0.25) is 0 Å². The number of hydrogen-bond donors (Lipinski definition) is 1. The van der Waals surface area contributed by atoms with E-state index in [2.05, 4.69) is 6.07 Å². The highest BCUT2D eigenvalue weighted by molar-refractivity contribution is 5.74. The maximum Gasteiger partial charge on any atom is 0.123 e. The molecule has 0 saturated heterocycles. The number of hydrogen-bond acceptors (Lipinski definition) is 1. The van der Waals surface area contributed by atoms with Gasteiger partial charge in [-0.05, 0) is 72.9 Å². The van der Waals surface area contributed by atoms with Crippen LogP contribution in [0.1, 0.15) is 16.7 Å². The third kappa shape index (κ3) is 2.31. The van der Waals surface area contributed by atoms with Crippen LogP contribution in [0.5, 0.6) is 0 Å². The molecule has 0 unspecified atom stereocenters. The topological polar surface area (TPSA) is 26.0 Å². The molecule has 0 bridgehead atoms. The van der Waals surface area contributed by atoms with Crippen molar-refractivity contribution in [3.63, 3.8) is 0 Å². The van der Waals surface area contributed by atoms with Gasteiger partial charge < -0.3 is 5.73 Å². The van der Waals surface area contributed by atoms with E-state index in [0.717, 1.165) is 33.5 Å². The minimum Gasteiger partial charge on any atom is -0.399 e. The summed E-state index contributed by atoms with van der Waals surface area (Å²) in [5.74, 6) is -0.190. The van der Waals surface area contributed by atoms with Crippen LogP contribution in [0.3, 0.4) is 0 Å². The third-order valence-electron chi connectivity index (χ3n) is 2.89. The molecular formula is C15H16FN. The fourth-order valence-electron chi connectivity index (χ4n) is 2.32. The van der Waals surface area contributed by atoms with Gasteiger partial charge in [0.2, 0.25) is 0 Å². The first kappa shape index (κ1) is 11.6. The Labute approximate surface area is 101 Å². The van der Waals surface area contributed by atoms with Crippen molar-refractivity contribution >= 4 is 5.69 Å². The first-order chi connectivity index (χ1) is 7.97. The molecule has 0 atom stereocenters. The van der Waals surface area contributed by atoms with E-state index in [1.807, 2.05) is 32.9 Å². The van der Waals surface area contributed by atoms with Crippen LogP contribution in [-0.2, 0) is 0 Å². The van der Waals surface area contributed by atoms with E-state index in [0.29, 0.717) is 0 Å². The van der Waals surface area contributed by atoms with E-state index in [4.69, 9.17) is 5.73 Å². The van der Waals surface area contributed by atoms with Crippen molar-refractivity contribution in [3.8, 4) is 11.1 Å². The minimum absolute atomic E-state index is 0.190. The summed E-state index contributed by atoms with van der Waals surface area (Å²) < 4.78 is 13.3. The molecule has 0 spiro atoms. The molecule has 2 N–H and O–H groups in total. The van der Waals surface area contributed by atoms with Gasteiger partial charge in [0.05, 0.1) is 0 Å². The molecule has 0 radical (unpaired) electrons. The molecule has 0 aliphatic rings. The van der Waals surface area contributed by atoms with Crippen molar-refractivity contribution in [3.05, 3.63) is 52.8 Å². The molecule has 2 rings (SSSR count). The Morgan fingerprint density at radius 1 is 0.882 bits per heavy atom. The number of benzene rings is 2. The molecule has 17 heavy (non-hydrogen) atoms. The van der Waals surface area contributed by atoms with Gasteiger partial charge in [-0.15, -0.1) is 0 Å².